The van der Waals surface area contributed by atoms with Crippen molar-refractivity contribution in [3.8, 4) is 11.3 Å². The molecule has 0 saturated heterocycles. The zero-order valence-electron chi connectivity index (χ0n) is 13.8. The lowest BCUT2D eigenvalue weighted by molar-refractivity contribution is -0.660. The molecule has 1 aliphatic carbocycles. The van der Waals surface area contributed by atoms with E-state index >= 15 is 0 Å². The average Bonchev–Trinajstić information content (AvgIpc) is 2.98. The lowest BCUT2D eigenvalue weighted by atomic mass is 9.96. The fourth-order valence-corrected chi connectivity index (χ4v) is 3.84. The Hall–Kier alpha value is -2.41. The maximum atomic E-state index is 2.42. The second-order valence-electron chi connectivity index (χ2n) is 6.65. The van der Waals surface area contributed by atoms with Crippen molar-refractivity contribution in [1.82, 2.24) is 0 Å². The van der Waals surface area contributed by atoms with Gasteiger partial charge in [0.2, 0.25) is 5.69 Å². The molecule has 1 heteroatoms. The Morgan fingerprint density at radius 1 is 0.870 bits per heavy atom. The number of hydrogen-bond donors (Lipinski definition) is 0. The molecule has 0 saturated carbocycles. The first-order chi connectivity index (χ1) is 11.2. The smallest absolute Gasteiger partial charge is 0.201 e. The summed E-state index contributed by atoms with van der Waals surface area (Å²) in [6.45, 7) is 2.23. The van der Waals surface area contributed by atoms with Crippen LogP contribution in [0, 0.1) is 6.92 Å². The Morgan fingerprint density at radius 2 is 1.57 bits per heavy atom. The fourth-order valence-electron chi connectivity index (χ4n) is 3.84. The zero-order valence-corrected chi connectivity index (χ0v) is 13.8. The van der Waals surface area contributed by atoms with Crippen molar-refractivity contribution >= 4 is 0 Å². The topological polar surface area (TPSA) is 3.88 Å². The van der Waals surface area contributed by atoms with Gasteiger partial charge in [-0.2, -0.15) is 0 Å². The Balaban J connectivity index is 1.73. The lowest BCUT2D eigenvalue weighted by Crippen LogP contribution is -2.30. The van der Waals surface area contributed by atoms with Crippen molar-refractivity contribution in [2.45, 2.75) is 25.7 Å². The molecule has 0 N–H and O–H groups in total. The summed E-state index contributed by atoms with van der Waals surface area (Å²) < 4.78 is 2.21. The van der Waals surface area contributed by atoms with Crippen molar-refractivity contribution in [1.29, 1.82) is 0 Å². The van der Waals surface area contributed by atoms with Crippen LogP contribution < -0.4 is 4.57 Å². The molecule has 1 aromatic heterocycles. The molecule has 1 unspecified atom stereocenters. The van der Waals surface area contributed by atoms with Gasteiger partial charge in [0, 0.05) is 17.7 Å². The van der Waals surface area contributed by atoms with Gasteiger partial charge in [-0.15, -0.1) is 0 Å². The van der Waals surface area contributed by atoms with E-state index in [0.29, 0.717) is 5.92 Å². The van der Waals surface area contributed by atoms with Gasteiger partial charge in [-0.1, -0.05) is 36.4 Å². The first-order valence-electron chi connectivity index (χ1n) is 8.35. The van der Waals surface area contributed by atoms with Crippen LogP contribution >= 0.6 is 0 Å². The first-order valence-corrected chi connectivity index (χ1v) is 8.35. The van der Waals surface area contributed by atoms with E-state index in [2.05, 4.69) is 85.4 Å². The molecule has 3 aromatic rings. The van der Waals surface area contributed by atoms with E-state index in [-0.39, 0.29) is 0 Å². The van der Waals surface area contributed by atoms with E-state index in [9.17, 15) is 0 Å². The number of benzene rings is 2. The second kappa shape index (κ2) is 5.66. The normalized spacial score (nSPS) is 16.3. The van der Waals surface area contributed by atoms with Crippen LogP contribution in [0.15, 0.2) is 66.9 Å². The van der Waals surface area contributed by atoms with E-state index in [0.717, 1.165) is 6.42 Å². The molecule has 0 fully saturated rings. The maximum absolute atomic E-state index is 2.42. The molecule has 0 radical (unpaired) electrons. The Bertz CT molecular complexity index is 849. The summed E-state index contributed by atoms with van der Waals surface area (Å²) in [6.07, 6.45) is 4.44. The third kappa shape index (κ3) is 2.57. The largest absolute Gasteiger partial charge is 0.212 e. The van der Waals surface area contributed by atoms with Gasteiger partial charge in [0.15, 0.2) is 6.20 Å². The van der Waals surface area contributed by atoms with Gasteiger partial charge >= 0.3 is 0 Å². The van der Waals surface area contributed by atoms with Crippen molar-refractivity contribution < 1.29 is 4.57 Å². The summed E-state index contributed by atoms with van der Waals surface area (Å²) in [5, 5.41) is 0. The zero-order chi connectivity index (χ0) is 15.8. The van der Waals surface area contributed by atoms with Gasteiger partial charge in [-0.05, 0) is 60.1 Å². The van der Waals surface area contributed by atoms with Gasteiger partial charge < -0.3 is 0 Å². The van der Waals surface area contributed by atoms with Gasteiger partial charge in [0.1, 0.15) is 7.05 Å². The van der Waals surface area contributed by atoms with Crippen LogP contribution in [0.4, 0.5) is 0 Å². The third-order valence-electron chi connectivity index (χ3n) is 5.08. The molecule has 23 heavy (non-hydrogen) atoms. The van der Waals surface area contributed by atoms with Crippen LogP contribution in [0.1, 0.15) is 28.2 Å². The number of rotatable bonds is 2. The summed E-state index contributed by atoms with van der Waals surface area (Å²) in [5.74, 6) is 0.630. The molecule has 0 amide bonds. The minimum Gasteiger partial charge on any atom is -0.201 e. The molecular weight excluding hydrogens is 278 g/mol. The molecule has 1 atom stereocenters. The highest BCUT2D eigenvalue weighted by Gasteiger charge is 2.25. The highest BCUT2D eigenvalue weighted by Crippen LogP contribution is 2.37. The van der Waals surface area contributed by atoms with E-state index in [1.165, 1.54) is 39.9 Å². The molecule has 0 aliphatic heterocycles. The van der Waals surface area contributed by atoms with Gasteiger partial charge in [0.05, 0.1) is 0 Å². The molecule has 0 bridgehead atoms. The predicted octanol–water partition coefficient (Wildman–Crippen LogP) is 4.37. The van der Waals surface area contributed by atoms with Crippen LogP contribution in [0.2, 0.25) is 0 Å². The van der Waals surface area contributed by atoms with Crippen LogP contribution in [0.25, 0.3) is 11.3 Å². The van der Waals surface area contributed by atoms with Gasteiger partial charge in [-0.25, -0.2) is 4.57 Å². The number of fused-ring (bicyclic) bond motifs is 1. The molecule has 1 nitrogen and oxygen atoms in total. The van der Waals surface area contributed by atoms with Crippen molar-refractivity contribution in [2.24, 2.45) is 7.05 Å². The number of aromatic nitrogens is 1. The summed E-state index contributed by atoms with van der Waals surface area (Å²) in [5.41, 5.74) is 8.53. The molecule has 2 aromatic carbocycles. The average molecular weight is 300 g/mol. The van der Waals surface area contributed by atoms with Crippen LogP contribution in [-0.2, 0) is 19.9 Å². The van der Waals surface area contributed by atoms with Crippen LogP contribution in [-0.4, -0.2) is 0 Å². The Labute approximate surface area is 138 Å². The monoisotopic (exact) mass is 300 g/mol. The van der Waals surface area contributed by atoms with Crippen LogP contribution in [0.3, 0.4) is 0 Å². The van der Waals surface area contributed by atoms with Crippen LogP contribution in [0.5, 0.6) is 0 Å². The summed E-state index contributed by atoms with van der Waals surface area (Å²) in [7, 11) is 2.12. The fraction of sp³-hybridized carbons (Fsp3) is 0.227. The Kier molecular flexibility index (Phi) is 3.49. The van der Waals surface area contributed by atoms with E-state index in [1.807, 2.05) is 0 Å². The highest BCUT2D eigenvalue weighted by molar-refractivity contribution is 5.64. The maximum Gasteiger partial charge on any atom is 0.212 e. The van der Waals surface area contributed by atoms with Crippen molar-refractivity contribution in [3.63, 3.8) is 0 Å². The molecule has 1 aliphatic rings. The van der Waals surface area contributed by atoms with Crippen molar-refractivity contribution in [3.05, 3.63) is 89.1 Å². The number of nitrogens with zero attached hydrogens (tertiary/aromatic N) is 1. The molecule has 0 spiro atoms. The number of hydrogen-bond acceptors (Lipinski definition) is 0. The molecule has 114 valence electrons. The minimum absolute atomic E-state index is 0.630. The van der Waals surface area contributed by atoms with Crippen molar-refractivity contribution in [2.75, 3.05) is 0 Å². The lowest BCUT2D eigenvalue weighted by Gasteiger charge is -2.08. The molecule has 1 heterocycles. The Morgan fingerprint density at radius 3 is 2.30 bits per heavy atom. The highest BCUT2D eigenvalue weighted by atomic mass is 14.9. The first kappa shape index (κ1) is 14.2. The third-order valence-corrected chi connectivity index (χ3v) is 5.08. The van der Waals surface area contributed by atoms with Gasteiger partial charge in [0.25, 0.3) is 0 Å². The standard InChI is InChI=1S/C22H22N/c1-16-12-18-13-19(17-8-4-3-5-9-17)14-20(18)15-21(16)22-10-6-7-11-23(22)2/h3-12,15,19H,13-14H2,1-2H3/q+1. The minimum atomic E-state index is 0.630. The van der Waals surface area contributed by atoms with E-state index < -0.39 is 0 Å². The quantitative estimate of drug-likeness (QED) is 0.619. The number of pyridine rings is 1. The molecular formula is C22H22N+. The summed E-state index contributed by atoms with van der Waals surface area (Å²) in [4.78, 5) is 0. The molecule has 4 rings (SSSR count). The predicted molar refractivity (Wildman–Crippen MR) is 94.4 cm³/mol. The van der Waals surface area contributed by atoms with Gasteiger partial charge in [-0.3, -0.25) is 0 Å². The summed E-state index contributed by atoms with van der Waals surface area (Å²) in [6, 6.07) is 22.2. The number of aryl methyl sites for hydroxylation is 2. The second-order valence-corrected chi connectivity index (χ2v) is 6.65. The van der Waals surface area contributed by atoms with E-state index in [4.69, 9.17) is 0 Å². The summed E-state index contributed by atoms with van der Waals surface area (Å²) >= 11 is 0. The van der Waals surface area contributed by atoms with E-state index in [1.54, 1.807) is 0 Å². The SMILES string of the molecule is Cc1cc2c(cc1-c1cccc[n+]1C)CC(c1ccccc1)C2.